The Balaban J connectivity index is 2.57. The van der Waals surface area contributed by atoms with Crippen molar-refractivity contribution in [3.63, 3.8) is 0 Å². The van der Waals surface area contributed by atoms with Crippen LogP contribution < -0.4 is 9.47 Å². The maximum absolute atomic E-state index is 12.5. The number of thiocarbonyl (C=S) groups is 1. The average molecular weight is 418 g/mol. The minimum absolute atomic E-state index is 0.0465. The largest absolute Gasteiger partial charge is 0.490 e. The Kier molecular flexibility index (Phi) is 7.11. The van der Waals surface area contributed by atoms with Gasteiger partial charge in [0.05, 0.1) is 6.61 Å². The van der Waals surface area contributed by atoms with E-state index in [1.54, 1.807) is 25.1 Å². The van der Waals surface area contributed by atoms with Gasteiger partial charge in [-0.1, -0.05) is 6.08 Å². The molecule has 0 aromatic heterocycles. The molecule has 0 unspecified atom stereocenters. The zero-order chi connectivity index (χ0) is 21.7. The van der Waals surface area contributed by atoms with E-state index < -0.39 is 24.4 Å². The molecular formula is C20H22N2O6S. The number of rotatable bonds is 8. The lowest BCUT2D eigenvalue weighted by Gasteiger charge is -2.31. The number of likely N-dealkylation sites (N-methyl/N-ethyl adjacent to an activating group) is 2. The highest BCUT2D eigenvalue weighted by Gasteiger charge is 2.35. The van der Waals surface area contributed by atoms with Gasteiger partial charge in [-0.3, -0.25) is 19.4 Å². The molecule has 1 aliphatic rings. The normalized spacial score (nSPS) is 14.2. The molecule has 1 saturated heterocycles. The molecule has 0 saturated carbocycles. The second kappa shape index (κ2) is 9.33. The molecule has 154 valence electrons. The molecule has 2 rings (SSSR count). The van der Waals surface area contributed by atoms with Crippen molar-refractivity contribution >= 4 is 41.2 Å². The number of carboxylic acids is 1. The van der Waals surface area contributed by atoms with E-state index >= 15 is 0 Å². The molecule has 8 nitrogen and oxygen atoms in total. The first-order valence-corrected chi connectivity index (χ1v) is 9.19. The Hall–Kier alpha value is -3.20. The molecule has 1 heterocycles. The average Bonchev–Trinajstić information content (AvgIpc) is 2.68. The Labute approximate surface area is 174 Å². The fourth-order valence-corrected chi connectivity index (χ4v) is 2.94. The maximum Gasteiger partial charge on any atom is 0.341 e. The first kappa shape index (κ1) is 22.1. The summed E-state index contributed by atoms with van der Waals surface area (Å²) >= 11 is 5.09. The van der Waals surface area contributed by atoms with Crippen molar-refractivity contribution in [1.29, 1.82) is 0 Å². The molecule has 0 bridgehead atoms. The summed E-state index contributed by atoms with van der Waals surface area (Å²) in [6.45, 7) is 5.26. The van der Waals surface area contributed by atoms with Crippen molar-refractivity contribution in [2.45, 2.75) is 13.3 Å². The quantitative estimate of drug-likeness (QED) is 0.298. The Morgan fingerprint density at radius 1 is 1.21 bits per heavy atom. The summed E-state index contributed by atoms with van der Waals surface area (Å²) in [5, 5.41) is 9.05. The molecule has 1 aliphatic heterocycles. The van der Waals surface area contributed by atoms with Crippen LogP contribution in [0.5, 0.6) is 11.5 Å². The van der Waals surface area contributed by atoms with Crippen molar-refractivity contribution < 1.29 is 29.0 Å². The van der Waals surface area contributed by atoms with E-state index in [0.29, 0.717) is 29.9 Å². The van der Waals surface area contributed by atoms with Crippen molar-refractivity contribution in [2.75, 3.05) is 27.3 Å². The van der Waals surface area contributed by atoms with Gasteiger partial charge >= 0.3 is 5.97 Å². The molecule has 0 radical (unpaired) electrons. The molecule has 0 spiro atoms. The highest BCUT2D eigenvalue weighted by Crippen LogP contribution is 2.35. The van der Waals surface area contributed by atoms with Gasteiger partial charge in [0.15, 0.2) is 23.2 Å². The van der Waals surface area contributed by atoms with Crippen molar-refractivity contribution in [3.05, 3.63) is 41.5 Å². The molecule has 1 N–H and O–H groups in total. The Bertz CT molecular complexity index is 882. The third-order valence-electron chi connectivity index (χ3n) is 4.11. The van der Waals surface area contributed by atoms with Crippen molar-refractivity contribution in [1.82, 2.24) is 9.80 Å². The van der Waals surface area contributed by atoms with E-state index in [0.717, 1.165) is 0 Å². The van der Waals surface area contributed by atoms with E-state index in [2.05, 4.69) is 6.58 Å². The van der Waals surface area contributed by atoms with Crippen LogP contribution >= 0.6 is 12.2 Å². The van der Waals surface area contributed by atoms with Gasteiger partial charge in [-0.25, -0.2) is 4.79 Å². The summed E-state index contributed by atoms with van der Waals surface area (Å²) in [6, 6.07) is 3.29. The summed E-state index contributed by atoms with van der Waals surface area (Å²) in [4.78, 5) is 38.5. The van der Waals surface area contributed by atoms with Crippen LogP contribution in [0.25, 0.3) is 6.08 Å². The number of ether oxygens (including phenoxy) is 2. The monoisotopic (exact) mass is 418 g/mol. The molecular weight excluding hydrogens is 396 g/mol. The third kappa shape index (κ3) is 4.80. The minimum Gasteiger partial charge on any atom is -0.490 e. The van der Waals surface area contributed by atoms with Crippen LogP contribution in [0.1, 0.15) is 18.1 Å². The lowest BCUT2D eigenvalue weighted by atomic mass is 10.0. The number of carbonyl (C=O) groups is 3. The maximum atomic E-state index is 12.5. The third-order valence-corrected chi connectivity index (χ3v) is 4.66. The zero-order valence-corrected chi connectivity index (χ0v) is 17.2. The van der Waals surface area contributed by atoms with Crippen LogP contribution in [-0.2, 0) is 20.8 Å². The van der Waals surface area contributed by atoms with Crippen molar-refractivity contribution in [2.24, 2.45) is 0 Å². The lowest BCUT2D eigenvalue weighted by molar-refractivity contribution is -0.139. The highest BCUT2D eigenvalue weighted by atomic mass is 32.1. The van der Waals surface area contributed by atoms with Gasteiger partial charge in [-0.2, -0.15) is 0 Å². The second-order valence-electron chi connectivity index (χ2n) is 6.18. The molecule has 1 fully saturated rings. The van der Waals surface area contributed by atoms with E-state index in [4.69, 9.17) is 26.8 Å². The van der Waals surface area contributed by atoms with Gasteiger partial charge < -0.3 is 14.6 Å². The Morgan fingerprint density at radius 2 is 1.83 bits per heavy atom. The number of hydrogen-bond donors (Lipinski definition) is 1. The molecule has 9 heteroatoms. The molecule has 0 aliphatic carbocycles. The van der Waals surface area contributed by atoms with Gasteiger partial charge in [0.25, 0.3) is 11.8 Å². The number of carboxylic acid groups (broad SMARTS) is 1. The van der Waals surface area contributed by atoms with Gasteiger partial charge in [0.2, 0.25) is 0 Å². The molecule has 0 atom stereocenters. The van der Waals surface area contributed by atoms with Crippen LogP contribution in [0, 0.1) is 0 Å². The van der Waals surface area contributed by atoms with Gasteiger partial charge in [-0.15, -0.1) is 6.58 Å². The minimum atomic E-state index is -1.12. The summed E-state index contributed by atoms with van der Waals surface area (Å²) in [6.07, 6.45) is 3.46. The first-order chi connectivity index (χ1) is 13.7. The molecule has 1 aromatic rings. The zero-order valence-electron chi connectivity index (χ0n) is 16.4. The van der Waals surface area contributed by atoms with Crippen LogP contribution in [0.3, 0.4) is 0 Å². The highest BCUT2D eigenvalue weighted by molar-refractivity contribution is 7.80. The SMILES string of the molecule is C=CCc1cc(C=C2C(=O)N(C)C(=S)N(C)C2=O)cc(OCC)c1OCC(=O)O. The van der Waals surface area contributed by atoms with E-state index in [9.17, 15) is 14.4 Å². The predicted molar refractivity (Wildman–Crippen MR) is 111 cm³/mol. The molecule has 2 amide bonds. The standard InChI is InChI=1S/C20H22N2O6S/c1-5-7-13-8-12(10-15(27-6-2)17(13)28-11-16(23)24)9-14-18(25)21(3)20(29)22(4)19(14)26/h5,8-10H,1,6-7,11H2,2-4H3,(H,23,24). The van der Waals surface area contributed by atoms with Gasteiger partial charge in [-0.05, 0) is 49.3 Å². The lowest BCUT2D eigenvalue weighted by Crippen LogP contribution is -2.52. The summed E-state index contributed by atoms with van der Waals surface area (Å²) in [7, 11) is 3.00. The van der Waals surface area contributed by atoms with Crippen LogP contribution in [0.4, 0.5) is 0 Å². The number of benzene rings is 1. The number of aliphatic carboxylic acids is 1. The molecule has 1 aromatic carbocycles. The second-order valence-corrected chi connectivity index (χ2v) is 6.55. The fourth-order valence-electron chi connectivity index (χ4n) is 2.78. The molecule has 29 heavy (non-hydrogen) atoms. The summed E-state index contributed by atoms with van der Waals surface area (Å²) in [5.74, 6) is -1.54. The first-order valence-electron chi connectivity index (χ1n) is 8.78. The summed E-state index contributed by atoms with van der Waals surface area (Å²) < 4.78 is 11.0. The fraction of sp³-hybridized carbons (Fsp3) is 0.300. The summed E-state index contributed by atoms with van der Waals surface area (Å²) in [5.41, 5.74) is 1.10. The van der Waals surface area contributed by atoms with Gasteiger partial charge in [0, 0.05) is 19.7 Å². The number of carbonyl (C=O) groups excluding carboxylic acids is 2. The van der Waals surface area contributed by atoms with E-state index in [1.165, 1.54) is 30.0 Å². The van der Waals surface area contributed by atoms with Crippen LogP contribution in [0.15, 0.2) is 30.4 Å². The number of amides is 2. The Morgan fingerprint density at radius 3 is 2.34 bits per heavy atom. The van der Waals surface area contributed by atoms with E-state index in [-0.39, 0.29) is 16.4 Å². The number of nitrogens with zero attached hydrogens (tertiary/aromatic N) is 2. The van der Waals surface area contributed by atoms with Crippen molar-refractivity contribution in [3.8, 4) is 11.5 Å². The predicted octanol–water partition coefficient (Wildman–Crippen LogP) is 1.88. The van der Waals surface area contributed by atoms with Crippen LogP contribution in [-0.4, -0.2) is 65.1 Å². The van der Waals surface area contributed by atoms with E-state index in [1.807, 2.05) is 0 Å². The van der Waals surface area contributed by atoms with Gasteiger partial charge in [0.1, 0.15) is 5.57 Å². The smallest absolute Gasteiger partial charge is 0.341 e. The number of allylic oxidation sites excluding steroid dienone is 1. The number of hydrogen-bond acceptors (Lipinski definition) is 6. The van der Waals surface area contributed by atoms with Crippen LogP contribution in [0.2, 0.25) is 0 Å². The topological polar surface area (TPSA) is 96.4 Å².